The molecule has 0 heterocycles. The zero-order chi connectivity index (χ0) is 11.7. The molecule has 1 aromatic rings. The summed E-state index contributed by atoms with van der Waals surface area (Å²) in [5, 5.41) is 12.8. The van der Waals surface area contributed by atoms with Crippen LogP contribution in [0.2, 0.25) is 5.02 Å². The second kappa shape index (κ2) is 4.34. The van der Waals surface area contributed by atoms with Crippen molar-refractivity contribution >= 4 is 23.3 Å². The summed E-state index contributed by atoms with van der Waals surface area (Å²) in [4.78, 5) is 11.0. The summed E-state index contributed by atoms with van der Waals surface area (Å²) in [6.45, 7) is 1.92. The molecule has 4 heteroatoms. The first-order chi connectivity index (χ1) is 7.58. The number of hydrogen-bond acceptors (Lipinski definition) is 2. The van der Waals surface area contributed by atoms with E-state index in [0.717, 1.165) is 24.1 Å². The Morgan fingerprint density at radius 3 is 2.75 bits per heavy atom. The van der Waals surface area contributed by atoms with Gasteiger partial charge in [0.15, 0.2) is 0 Å². The number of aryl methyl sites for hydroxylation is 1. The smallest absolute Gasteiger partial charge is 0.326 e. The van der Waals surface area contributed by atoms with Crippen molar-refractivity contribution in [3.63, 3.8) is 0 Å². The van der Waals surface area contributed by atoms with E-state index in [0.29, 0.717) is 5.02 Å². The molecule has 0 aromatic heterocycles. The Morgan fingerprint density at radius 2 is 2.25 bits per heavy atom. The molecule has 86 valence electrons. The largest absolute Gasteiger partial charge is 0.480 e. The average molecular weight is 240 g/mol. The average Bonchev–Trinajstić information content (AvgIpc) is 3.03. The van der Waals surface area contributed by atoms with Crippen LogP contribution in [0.1, 0.15) is 18.4 Å². The van der Waals surface area contributed by atoms with Crippen LogP contribution in [-0.2, 0) is 4.79 Å². The molecule has 1 aliphatic rings. The number of hydrogen-bond donors (Lipinski definition) is 2. The maximum absolute atomic E-state index is 11.0. The normalized spacial score (nSPS) is 16.9. The van der Waals surface area contributed by atoms with Gasteiger partial charge in [0.2, 0.25) is 0 Å². The Bertz CT molecular complexity index is 415. The van der Waals surface area contributed by atoms with Crippen molar-refractivity contribution in [3.8, 4) is 0 Å². The fourth-order valence-corrected chi connectivity index (χ4v) is 1.85. The van der Waals surface area contributed by atoms with Crippen LogP contribution in [0, 0.1) is 12.8 Å². The predicted octanol–water partition coefficient (Wildman–Crippen LogP) is 2.92. The van der Waals surface area contributed by atoms with E-state index in [-0.39, 0.29) is 5.92 Å². The van der Waals surface area contributed by atoms with E-state index in [2.05, 4.69) is 5.32 Å². The first-order valence-electron chi connectivity index (χ1n) is 5.33. The zero-order valence-electron chi connectivity index (χ0n) is 9.03. The van der Waals surface area contributed by atoms with Crippen LogP contribution in [0.5, 0.6) is 0 Å². The minimum Gasteiger partial charge on any atom is -0.480 e. The number of carboxylic acid groups (broad SMARTS) is 1. The van der Waals surface area contributed by atoms with Crippen LogP contribution in [0.15, 0.2) is 18.2 Å². The van der Waals surface area contributed by atoms with E-state index in [4.69, 9.17) is 16.7 Å². The fourth-order valence-electron chi connectivity index (χ4n) is 1.67. The van der Waals surface area contributed by atoms with Gasteiger partial charge in [-0.3, -0.25) is 0 Å². The summed E-state index contributed by atoms with van der Waals surface area (Å²) in [7, 11) is 0. The molecule has 3 nitrogen and oxygen atoms in total. The van der Waals surface area contributed by atoms with Crippen LogP contribution >= 0.6 is 11.6 Å². The Hall–Kier alpha value is -1.22. The van der Waals surface area contributed by atoms with Crippen molar-refractivity contribution in [2.45, 2.75) is 25.8 Å². The van der Waals surface area contributed by atoms with Crippen molar-refractivity contribution in [1.29, 1.82) is 0 Å². The third kappa shape index (κ3) is 2.47. The van der Waals surface area contributed by atoms with Crippen LogP contribution in [0.3, 0.4) is 0 Å². The molecular weight excluding hydrogens is 226 g/mol. The summed E-state index contributed by atoms with van der Waals surface area (Å²) in [5.74, 6) is -0.531. The number of rotatable bonds is 4. The molecule has 0 spiro atoms. The maximum atomic E-state index is 11.0. The van der Waals surface area contributed by atoms with Gasteiger partial charge in [0, 0.05) is 10.7 Å². The Morgan fingerprint density at radius 1 is 1.56 bits per heavy atom. The van der Waals surface area contributed by atoms with Crippen LogP contribution < -0.4 is 5.32 Å². The lowest BCUT2D eigenvalue weighted by Gasteiger charge is -2.15. The van der Waals surface area contributed by atoms with Crippen molar-refractivity contribution in [2.24, 2.45) is 5.92 Å². The number of carbonyl (C=O) groups is 1. The van der Waals surface area contributed by atoms with E-state index in [1.807, 2.05) is 19.1 Å². The van der Waals surface area contributed by atoms with Gasteiger partial charge in [-0.1, -0.05) is 17.7 Å². The SMILES string of the molecule is Cc1ccc(NC(C(=O)O)C2CC2)cc1Cl. The summed E-state index contributed by atoms with van der Waals surface area (Å²) in [5.41, 5.74) is 1.76. The number of anilines is 1. The second-order valence-electron chi connectivity index (χ2n) is 4.26. The minimum atomic E-state index is -0.792. The monoisotopic (exact) mass is 239 g/mol. The van der Waals surface area contributed by atoms with Gasteiger partial charge >= 0.3 is 5.97 Å². The lowest BCUT2D eigenvalue weighted by Crippen LogP contribution is -2.31. The summed E-state index contributed by atoms with van der Waals surface area (Å²) < 4.78 is 0. The summed E-state index contributed by atoms with van der Waals surface area (Å²) >= 11 is 5.98. The molecule has 0 saturated heterocycles. The third-order valence-corrected chi connectivity index (χ3v) is 3.26. The van der Waals surface area contributed by atoms with Crippen LogP contribution in [0.4, 0.5) is 5.69 Å². The molecule has 1 unspecified atom stereocenters. The molecule has 0 aliphatic heterocycles. The summed E-state index contributed by atoms with van der Waals surface area (Å²) in [6.07, 6.45) is 1.98. The minimum absolute atomic E-state index is 0.262. The number of benzene rings is 1. The van der Waals surface area contributed by atoms with E-state index >= 15 is 0 Å². The molecule has 0 bridgehead atoms. The third-order valence-electron chi connectivity index (χ3n) is 2.85. The maximum Gasteiger partial charge on any atom is 0.326 e. The van der Waals surface area contributed by atoms with Gasteiger partial charge in [0.25, 0.3) is 0 Å². The standard InChI is InChI=1S/C12H14ClNO2/c1-7-2-5-9(6-10(7)13)14-11(12(15)16)8-3-4-8/h2,5-6,8,11,14H,3-4H2,1H3,(H,15,16). The zero-order valence-corrected chi connectivity index (χ0v) is 9.79. The van der Waals surface area contributed by atoms with Gasteiger partial charge in [-0.25, -0.2) is 4.79 Å². The van der Waals surface area contributed by atoms with Gasteiger partial charge < -0.3 is 10.4 Å². The Kier molecular flexibility index (Phi) is 3.06. The highest BCUT2D eigenvalue weighted by Gasteiger charge is 2.36. The molecule has 1 fully saturated rings. The highest BCUT2D eigenvalue weighted by Crippen LogP contribution is 2.34. The molecule has 1 atom stereocenters. The number of halogens is 1. The molecule has 1 saturated carbocycles. The summed E-state index contributed by atoms with van der Waals surface area (Å²) in [6, 6.07) is 5.03. The van der Waals surface area contributed by atoms with E-state index in [1.54, 1.807) is 6.07 Å². The fraction of sp³-hybridized carbons (Fsp3) is 0.417. The van der Waals surface area contributed by atoms with Gasteiger partial charge in [0.1, 0.15) is 6.04 Å². The van der Waals surface area contributed by atoms with Crippen molar-refractivity contribution < 1.29 is 9.90 Å². The molecule has 0 radical (unpaired) electrons. The van der Waals surface area contributed by atoms with Gasteiger partial charge in [-0.05, 0) is 43.4 Å². The van der Waals surface area contributed by atoms with Gasteiger partial charge in [0.05, 0.1) is 0 Å². The molecular formula is C12H14ClNO2. The van der Waals surface area contributed by atoms with Gasteiger partial charge in [-0.2, -0.15) is 0 Å². The van der Waals surface area contributed by atoms with Crippen LogP contribution in [-0.4, -0.2) is 17.1 Å². The number of aliphatic carboxylic acids is 1. The molecule has 0 amide bonds. The highest BCUT2D eigenvalue weighted by molar-refractivity contribution is 6.31. The quantitative estimate of drug-likeness (QED) is 0.850. The topological polar surface area (TPSA) is 49.3 Å². The van der Waals surface area contributed by atoms with E-state index in [1.165, 1.54) is 0 Å². The first kappa shape index (κ1) is 11.3. The number of carboxylic acids is 1. The lowest BCUT2D eigenvalue weighted by molar-refractivity contribution is -0.138. The second-order valence-corrected chi connectivity index (χ2v) is 4.67. The predicted molar refractivity (Wildman–Crippen MR) is 64.0 cm³/mol. The van der Waals surface area contributed by atoms with Crippen molar-refractivity contribution in [1.82, 2.24) is 0 Å². The Balaban J connectivity index is 2.12. The van der Waals surface area contributed by atoms with Gasteiger partial charge in [-0.15, -0.1) is 0 Å². The van der Waals surface area contributed by atoms with Crippen LogP contribution in [0.25, 0.3) is 0 Å². The van der Waals surface area contributed by atoms with E-state index < -0.39 is 12.0 Å². The lowest BCUT2D eigenvalue weighted by atomic mass is 10.1. The highest BCUT2D eigenvalue weighted by atomic mass is 35.5. The van der Waals surface area contributed by atoms with Crippen molar-refractivity contribution in [3.05, 3.63) is 28.8 Å². The van der Waals surface area contributed by atoms with E-state index in [9.17, 15) is 4.79 Å². The molecule has 2 rings (SSSR count). The molecule has 1 aromatic carbocycles. The molecule has 1 aliphatic carbocycles. The Labute approximate surface area is 99.4 Å². The van der Waals surface area contributed by atoms with Crippen molar-refractivity contribution in [2.75, 3.05) is 5.32 Å². The number of nitrogens with one attached hydrogen (secondary N) is 1. The first-order valence-corrected chi connectivity index (χ1v) is 5.71. The molecule has 16 heavy (non-hydrogen) atoms. The molecule has 2 N–H and O–H groups in total.